The van der Waals surface area contributed by atoms with Crippen LogP contribution >= 0.6 is 0 Å². The number of rotatable bonds is 1. The van der Waals surface area contributed by atoms with E-state index in [-0.39, 0.29) is 0 Å². The zero-order valence-corrected chi connectivity index (χ0v) is 8.78. The van der Waals surface area contributed by atoms with Crippen molar-refractivity contribution < 1.29 is 0 Å². The minimum Gasteiger partial charge on any atom is -0.264 e. The zero-order chi connectivity index (χ0) is 10.1. The Morgan fingerprint density at radius 2 is 1.93 bits per heavy atom. The summed E-state index contributed by atoms with van der Waals surface area (Å²) in [5.41, 5.74) is 2.35. The highest BCUT2D eigenvalue weighted by Gasteiger charge is 2.07. The number of hydrogen-bond acceptors (Lipinski definition) is 2. The topological polar surface area (TPSA) is 25.8 Å². The Morgan fingerprint density at radius 1 is 1.14 bits per heavy atom. The van der Waals surface area contributed by atoms with Gasteiger partial charge in [-0.05, 0) is 24.5 Å². The van der Waals surface area contributed by atoms with Crippen molar-refractivity contribution in [2.75, 3.05) is 0 Å². The van der Waals surface area contributed by atoms with Crippen LogP contribution in [0.3, 0.4) is 0 Å². The maximum atomic E-state index is 4.48. The Kier molecular flexibility index (Phi) is 2.20. The van der Waals surface area contributed by atoms with E-state index in [1.165, 1.54) is 16.3 Å². The molecular formula is C12H14N2. The predicted molar refractivity (Wildman–Crippen MR) is 58.4 cm³/mol. The minimum atomic E-state index is 0.459. The highest BCUT2D eigenvalue weighted by Crippen LogP contribution is 2.24. The highest BCUT2D eigenvalue weighted by atomic mass is 14.7. The van der Waals surface area contributed by atoms with E-state index in [0.717, 1.165) is 5.69 Å². The quantitative estimate of drug-likeness (QED) is 0.684. The van der Waals surface area contributed by atoms with Crippen LogP contribution in [-0.4, -0.2) is 9.97 Å². The van der Waals surface area contributed by atoms with E-state index in [1.54, 1.807) is 0 Å². The molecule has 0 atom stereocenters. The molecule has 0 aliphatic carbocycles. The molecule has 2 heterocycles. The van der Waals surface area contributed by atoms with Crippen molar-refractivity contribution in [2.24, 2.45) is 0 Å². The molecule has 0 spiro atoms. The van der Waals surface area contributed by atoms with E-state index < -0.39 is 0 Å². The van der Waals surface area contributed by atoms with E-state index in [4.69, 9.17) is 0 Å². The molecule has 0 saturated heterocycles. The van der Waals surface area contributed by atoms with Gasteiger partial charge in [-0.25, -0.2) is 0 Å². The largest absolute Gasteiger partial charge is 0.264 e. The van der Waals surface area contributed by atoms with Gasteiger partial charge in [0, 0.05) is 29.4 Å². The Labute approximate surface area is 84.0 Å². The summed E-state index contributed by atoms with van der Waals surface area (Å²) in [5, 5.41) is 2.45. The average molecular weight is 186 g/mol. The number of pyridine rings is 2. The Morgan fingerprint density at radius 3 is 2.64 bits per heavy atom. The molecule has 0 aromatic carbocycles. The molecule has 0 aliphatic rings. The molecule has 2 aromatic rings. The molecule has 0 saturated carbocycles. The molecule has 2 nitrogen and oxygen atoms in total. The molecule has 2 heteroatoms. The van der Waals surface area contributed by atoms with Gasteiger partial charge in [0.05, 0.1) is 5.69 Å². The summed E-state index contributed by atoms with van der Waals surface area (Å²) in [7, 11) is 0. The van der Waals surface area contributed by atoms with Gasteiger partial charge in [-0.2, -0.15) is 0 Å². The second-order valence-corrected chi connectivity index (χ2v) is 3.90. The molecule has 0 bridgehead atoms. The first-order chi connectivity index (χ1) is 6.70. The third kappa shape index (κ3) is 1.37. The van der Waals surface area contributed by atoms with Gasteiger partial charge in [-0.15, -0.1) is 0 Å². The first-order valence-corrected chi connectivity index (χ1v) is 4.89. The SMILES string of the molecule is Cc1cnc(C(C)C)c2ccncc12. The summed E-state index contributed by atoms with van der Waals surface area (Å²) in [6.07, 6.45) is 5.67. The van der Waals surface area contributed by atoms with Gasteiger partial charge in [0.15, 0.2) is 0 Å². The molecule has 0 unspecified atom stereocenters. The average Bonchev–Trinajstić information content (AvgIpc) is 2.18. The second kappa shape index (κ2) is 3.37. The minimum absolute atomic E-state index is 0.459. The highest BCUT2D eigenvalue weighted by molar-refractivity contribution is 5.86. The number of hydrogen-bond donors (Lipinski definition) is 0. The Balaban J connectivity index is 2.82. The number of nitrogens with zero attached hydrogens (tertiary/aromatic N) is 2. The maximum Gasteiger partial charge on any atom is 0.0508 e. The van der Waals surface area contributed by atoms with E-state index in [1.807, 2.05) is 24.7 Å². The molecule has 2 rings (SSSR count). The van der Waals surface area contributed by atoms with Gasteiger partial charge in [0.2, 0.25) is 0 Å². The van der Waals surface area contributed by atoms with Crippen molar-refractivity contribution in [3.8, 4) is 0 Å². The van der Waals surface area contributed by atoms with Crippen LogP contribution in [0.2, 0.25) is 0 Å². The third-order valence-corrected chi connectivity index (χ3v) is 2.47. The normalized spacial score (nSPS) is 11.1. The fraction of sp³-hybridized carbons (Fsp3) is 0.333. The van der Waals surface area contributed by atoms with Crippen molar-refractivity contribution in [3.05, 3.63) is 35.9 Å². The molecule has 2 aromatic heterocycles. The first-order valence-electron chi connectivity index (χ1n) is 4.89. The summed E-state index contributed by atoms with van der Waals surface area (Å²) in [6, 6.07) is 2.05. The van der Waals surface area contributed by atoms with Gasteiger partial charge in [-0.1, -0.05) is 13.8 Å². The van der Waals surface area contributed by atoms with Crippen molar-refractivity contribution in [1.82, 2.24) is 9.97 Å². The monoisotopic (exact) mass is 186 g/mol. The summed E-state index contributed by atoms with van der Waals surface area (Å²) in [6.45, 7) is 6.40. The lowest BCUT2D eigenvalue weighted by molar-refractivity contribution is 0.833. The molecular weight excluding hydrogens is 172 g/mol. The van der Waals surface area contributed by atoms with Crippen LogP contribution in [-0.2, 0) is 0 Å². The summed E-state index contributed by atoms with van der Waals surface area (Å²) in [4.78, 5) is 8.62. The molecule has 0 N–H and O–H groups in total. The summed E-state index contributed by atoms with van der Waals surface area (Å²) >= 11 is 0. The summed E-state index contributed by atoms with van der Waals surface area (Å²) < 4.78 is 0. The van der Waals surface area contributed by atoms with Crippen LogP contribution in [0.4, 0.5) is 0 Å². The fourth-order valence-corrected chi connectivity index (χ4v) is 1.70. The van der Waals surface area contributed by atoms with Crippen LogP contribution < -0.4 is 0 Å². The van der Waals surface area contributed by atoms with Crippen LogP contribution in [0.15, 0.2) is 24.7 Å². The molecule has 0 fully saturated rings. The second-order valence-electron chi connectivity index (χ2n) is 3.90. The van der Waals surface area contributed by atoms with E-state index in [2.05, 4.69) is 30.7 Å². The molecule has 14 heavy (non-hydrogen) atoms. The number of fused-ring (bicyclic) bond motifs is 1. The van der Waals surface area contributed by atoms with Crippen molar-refractivity contribution in [1.29, 1.82) is 0 Å². The molecule has 0 aliphatic heterocycles. The van der Waals surface area contributed by atoms with E-state index in [0.29, 0.717) is 5.92 Å². The fourth-order valence-electron chi connectivity index (χ4n) is 1.70. The van der Waals surface area contributed by atoms with Crippen molar-refractivity contribution >= 4 is 10.8 Å². The first kappa shape index (κ1) is 9.13. The zero-order valence-electron chi connectivity index (χ0n) is 8.78. The lowest BCUT2D eigenvalue weighted by atomic mass is 10.0. The Hall–Kier alpha value is -1.44. The van der Waals surface area contributed by atoms with E-state index in [9.17, 15) is 0 Å². The molecule has 72 valence electrons. The van der Waals surface area contributed by atoms with Crippen LogP contribution in [0, 0.1) is 6.92 Å². The van der Waals surface area contributed by atoms with Crippen LogP contribution in [0.25, 0.3) is 10.8 Å². The Bertz CT molecular complexity index is 461. The summed E-state index contributed by atoms with van der Waals surface area (Å²) in [5.74, 6) is 0.459. The third-order valence-electron chi connectivity index (χ3n) is 2.47. The predicted octanol–water partition coefficient (Wildman–Crippen LogP) is 3.06. The van der Waals surface area contributed by atoms with Gasteiger partial charge in [0.1, 0.15) is 0 Å². The van der Waals surface area contributed by atoms with Gasteiger partial charge in [-0.3, -0.25) is 9.97 Å². The van der Waals surface area contributed by atoms with Crippen molar-refractivity contribution in [3.63, 3.8) is 0 Å². The van der Waals surface area contributed by atoms with Gasteiger partial charge < -0.3 is 0 Å². The van der Waals surface area contributed by atoms with Gasteiger partial charge >= 0.3 is 0 Å². The van der Waals surface area contributed by atoms with Crippen molar-refractivity contribution in [2.45, 2.75) is 26.7 Å². The lowest BCUT2D eigenvalue weighted by Gasteiger charge is -2.09. The molecule has 0 amide bonds. The van der Waals surface area contributed by atoms with E-state index >= 15 is 0 Å². The number of aryl methyl sites for hydroxylation is 1. The molecule has 0 radical (unpaired) electrons. The van der Waals surface area contributed by atoms with Crippen LogP contribution in [0.5, 0.6) is 0 Å². The van der Waals surface area contributed by atoms with Gasteiger partial charge in [0.25, 0.3) is 0 Å². The number of aromatic nitrogens is 2. The maximum absolute atomic E-state index is 4.48. The smallest absolute Gasteiger partial charge is 0.0508 e. The van der Waals surface area contributed by atoms with Crippen LogP contribution in [0.1, 0.15) is 31.0 Å². The standard InChI is InChI=1S/C12H14N2/c1-8(2)12-10-4-5-13-7-11(10)9(3)6-14-12/h4-8H,1-3H3. The lowest BCUT2D eigenvalue weighted by Crippen LogP contribution is -1.95.